The van der Waals surface area contributed by atoms with Crippen LogP contribution in [0.4, 0.5) is 14.9 Å². The second-order valence-electron chi connectivity index (χ2n) is 12.7. The number of hydrogen-bond donors (Lipinski definition) is 1. The highest BCUT2D eigenvalue weighted by Gasteiger charge is 2.68. The van der Waals surface area contributed by atoms with Crippen molar-refractivity contribution in [2.24, 2.45) is 29.1 Å². The monoisotopic (exact) mass is 672 g/mol. The zero-order valence-corrected chi connectivity index (χ0v) is 26.6. The first-order valence-corrected chi connectivity index (χ1v) is 15.8. The number of methoxy groups -OCH3 is 1. The van der Waals surface area contributed by atoms with Gasteiger partial charge >= 0.3 is 6.09 Å². The van der Waals surface area contributed by atoms with Crippen LogP contribution >= 0.6 is 11.6 Å². The Hall–Kier alpha value is -5.03. The summed E-state index contributed by atoms with van der Waals surface area (Å²) >= 11 is 6.05. The van der Waals surface area contributed by atoms with Crippen molar-refractivity contribution in [3.63, 3.8) is 0 Å². The standard InChI is InChI=1S/C36H30ClFN2O8/c1-36-25(32(43)39(34(36)45)19-8-13-27(38)26(37)14-19)16-24-21(11-12-23-29(24)33(44)40(31(23)42)35(46)47-2)30(36)22-10-9-20(15-28(22)41)48-17-18-6-4-3-5-7-18/h3-11,13-15,23-25,29-30,41H,12,16-17H2,1-2H3/t23-,24+,25-,29-,30+,36+/m0/s1. The summed E-state index contributed by atoms with van der Waals surface area (Å²) in [5.74, 6) is -7.63. The summed E-state index contributed by atoms with van der Waals surface area (Å²) in [7, 11) is 1.08. The number of allylic oxidation sites excluding steroid dienone is 2. The number of hydrogen-bond acceptors (Lipinski definition) is 8. The van der Waals surface area contributed by atoms with Gasteiger partial charge in [0.15, 0.2) is 0 Å². The smallest absolute Gasteiger partial charge is 0.423 e. The highest BCUT2D eigenvalue weighted by atomic mass is 35.5. The van der Waals surface area contributed by atoms with E-state index in [2.05, 4.69) is 0 Å². The number of phenolic OH excluding ortho intramolecular Hbond substituents is 1. The van der Waals surface area contributed by atoms with Gasteiger partial charge in [0.05, 0.1) is 41.0 Å². The minimum Gasteiger partial charge on any atom is -0.508 e. The van der Waals surface area contributed by atoms with Crippen molar-refractivity contribution >= 4 is 47.0 Å². The molecule has 3 fully saturated rings. The molecule has 7 rings (SSSR count). The lowest BCUT2D eigenvalue weighted by atomic mass is 9.51. The highest BCUT2D eigenvalue weighted by Crippen LogP contribution is 2.64. The molecule has 1 saturated carbocycles. The number of aromatic hydroxyl groups is 1. The van der Waals surface area contributed by atoms with Crippen LogP contribution in [0.2, 0.25) is 5.02 Å². The summed E-state index contributed by atoms with van der Waals surface area (Å²) in [4.78, 5) is 69.8. The third-order valence-corrected chi connectivity index (χ3v) is 10.6. The van der Waals surface area contributed by atoms with E-state index in [0.717, 1.165) is 23.6 Å². The maximum Gasteiger partial charge on any atom is 0.423 e. The van der Waals surface area contributed by atoms with Gasteiger partial charge in [-0.1, -0.05) is 59.6 Å². The van der Waals surface area contributed by atoms with E-state index in [9.17, 15) is 33.5 Å². The summed E-state index contributed by atoms with van der Waals surface area (Å²) < 4.78 is 24.7. The number of rotatable bonds is 5. The van der Waals surface area contributed by atoms with Gasteiger partial charge in [-0.15, -0.1) is 0 Å². The number of nitrogens with zero attached hydrogens (tertiary/aromatic N) is 2. The Morgan fingerprint density at radius 2 is 1.75 bits per heavy atom. The molecule has 5 amide bonds. The molecule has 246 valence electrons. The number of anilines is 1. The number of amides is 5. The Morgan fingerprint density at radius 3 is 2.44 bits per heavy atom. The highest BCUT2D eigenvalue weighted by molar-refractivity contribution is 6.31. The molecular weight excluding hydrogens is 643 g/mol. The third kappa shape index (κ3) is 4.62. The Bertz CT molecular complexity index is 1930. The van der Waals surface area contributed by atoms with Crippen molar-refractivity contribution in [1.82, 2.24) is 4.90 Å². The molecule has 12 heteroatoms. The number of ether oxygens (including phenoxy) is 2. The van der Waals surface area contributed by atoms with E-state index in [1.54, 1.807) is 25.1 Å². The van der Waals surface area contributed by atoms with Crippen LogP contribution in [0, 0.1) is 34.9 Å². The summed E-state index contributed by atoms with van der Waals surface area (Å²) in [6, 6.07) is 17.8. The zero-order chi connectivity index (χ0) is 34.1. The maximum absolute atomic E-state index is 14.5. The second kappa shape index (κ2) is 11.6. The minimum atomic E-state index is -1.47. The molecule has 2 aliphatic carbocycles. The van der Waals surface area contributed by atoms with Gasteiger partial charge < -0.3 is 14.6 Å². The summed E-state index contributed by atoms with van der Waals surface area (Å²) in [5, 5.41) is 11.3. The Labute approximate surface area is 279 Å². The first-order valence-electron chi connectivity index (χ1n) is 15.5. The SMILES string of the molecule is COC(=O)N1C(=O)[C@H]2[C@H](CC=C3[C@H]2C[C@H]2C(=O)N(c4ccc(F)c(Cl)c4)C(=O)[C@@]2(C)[C@H]3c2ccc(OCc3ccccc3)cc2O)C1=O. The van der Waals surface area contributed by atoms with E-state index in [4.69, 9.17) is 21.1 Å². The van der Waals surface area contributed by atoms with Crippen LogP contribution in [0.1, 0.15) is 36.8 Å². The fraction of sp³-hybridized carbons (Fsp3) is 0.306. The van der Waals surface area contributed by atoms with Gasteiger partial charge in [-0.2, -0.15) is 4.90 Å². The Balaban J connectivity index is 1.33. The van der Waals surface area contributed by atoms with E-state index in [1.807, 2.05) is 30.3 Å². The van der Waals surface area contributed by atoms with Gasteiger partial charge in [0.1, 0.15) is 23.9 Å². The summed E-state index contributed by atoms with van der Waals surface area (Å²) in [6.45, 7) is 1.90. The maximum atomic E-state index is 14.5. The molecule has 3 aromatic rings. The molecule has 0 bridgehead atoms. The molecule has 2 saturated heterocycles. The molecule has 48 heavy (non-hydrogen) atoms. The second-order valence-corrected chi connectivity index (χ2v) is 13.1. The van der Waals surface area contributed by atoms with E-state index < -0.39 is 70.5 Å². The molecule has 3 aromatic carbocycles. The number of benzene rings is 3. The molecule has 0 radical (unpaired) electrons. The Kier molecular flexibility index (Phi) is 7.62. The largest absolute Gasteiger partial charge is 0.508 e. The first kappa shape index (κ1) is 31.6. The molecule has 0 spiro atoms. The van der Waals surface area contributed by atoms with E-state index in [1.165, 1.54) is 18.2 Å². The molecule has 2 aliphatic heterocycles. The molecule has 10 nitrogen and oxygen atoms in total. The van der Waals surface area contributed by atoms with Gasteiger partial charge in [-0.05, 0) is 55.5 Å². The number of likely N-dealkylation sites (tertiary alicyclic amines) is 1. The lowest BCUT2D eigenvalue weighted by Gasteiger charge is -2.49. The average Bonchev–Trinajstić information content (AvgIpc) is 3.45. The lowest BCUT2D eigenvalue weighted by molar-refractivity contribution is -0.138. The molecule has 6 atom stereocenters. The number of imide groups is 4. The van der Waals surface area contributed by atoms with Crippen LogP contribution in [0.15, 0.2) is 78.4 Å². The van der Waals surface area contributed by atoms with E-state index in [-0.39, 0.29) is 35.9 Å². The molecule has 0 aromatic heterocycles. The fourth-order valence-corrected chi connectivity index (χ4v) is 8.27. The van der Waals surface area contributed by atoms with E-state index in [0.29, 0.717) is 21.8 Å². The van der Waals surface area contributed by atoms with Crippen molar-refractivity contribution in [3.8, 4) is 11.5 Å². The molecule has 0 unspecified atom stereocenters. The molecule has 2 heterocycles. The lowest BCUT2D eigenvalue weighted by Crippen LogP contribution is -2.49. The quantitative estimate of drug-likeness (QED) is 0.268. The van der Waals surface area contributed by atoms with Crippen LogP contribution in [0.5, 0.6) is 11.5 Å². The molecule has 4 aliphatic rings. The van der Waals surface area contributed by atoms with Crippen molar-refractivity contribution < 1.29 is 42.9 Å². The fourth-order valence-electron chi connectivity index (χ4n) is 8.10. The minimum absolute atomic E-state index is 0.0169. The van der Waals surface area contributed by atoms with Crippen LogP contribution in [-0.4, -0.2) is 46.8 Å². The van der Waals surface area contributed by atoms with Gasteiger partial charge in [0.25, 0.3) is 0 Å². The van der Waals surface area contributed by atoms with Gasteiger partial charge in [-0.25, -0.2) is 14.1 Å². The van der Waals surface area contributed by atoms with E-state index >= 15 is 0 Å². The third-order valence-electron chi connectivity index (χ3n) is 10.4. The normalized spacial score (nSPS) is 27.8. The van der Waals surface area contributed by atoms with Crippen LogP contribution in [0.25, 0.3) is 0 Å². The number of carbonyl (C=O) groups excluding carboxylic acids is 5. The number of phenols is 1. The zero-order valence-electron chi connectivity index (χ0n) is 25.9. The number of fused-ring (bicyclic) bond motifs is 4. The van der Waals surface area contributed by atoms with Gasteiger partial charge in [0.2, 0.25) is 23.6 Å². The topological polar surface area (TPSA) is 131 Å². The Morgan fingerprint density at radius 1 is 1.00 bits per heavy atom. The van der Waals surface area contributed by atoms with Crippen LogP contribution < -0.4 is 9.64 Å². The van der Waals surface area contributed by atoms with Crippen molar-refractivity contribution in [1.29, 1.82) is 0 Å². The average molecular weight is 673 g/mol. The van der Waals surface area contributed by atoms with Crippen LogP contribution in [-0.2, 0) is 30.5 Å². The van der Waals surface area contributed by atoms with Crippen molar-refractivity contribution in [3.05, 3.63) is 100 Å². The predicted octanol–water partition coefficient (Wildman–Crippen LogP) is 5.76. The first-order chi connectivity index (χ1) is 23.0. The van der Waals surface area contributed by atoms with Crippen LogP contribution in [0.3, 0.4) is 0 Å². The number of carbonyl (C=O) groups is 5. The summed E-state index contributed by atoms with van der Waals surface area (Å²) in [6.07, 6.45) is 0.819. The predicted molar refractivity (Wildman–Crippen MR) is 169 cm³/mol. The summed E-state index contributed by atoms with van der Waals surface area (Å²) in [5.41, 5.74) is 0.465. The van der Waals surface area contributed by atoms with Gasteiger partial charge in [-0.3, -0.25) is 19.2 Å². The molecule has 1 N–H and O–H groups in total. The van der Waals surface area contributed by atoms with Gasteiger partial charge in [0, 0.05) is 17.5 Å². The van der Waals surface area contributed by atoms with Crippen molar-refractivity contribution in [2.75, 3.05) is 12.0 Å². The van der Waals surface area contributed by atoms with Crippen molar-refractivity contribution in [2.45, 2.75) is 32.3 Å². The number of halogens is 2. The molecular formula is C36H30ClFN2O8.